The number of nitrogens with zero attached hydrogens (tertiary/aromatic N) is 2. The van der Waals surface area contributed by atoms with E-state index in [4.69, 9.17) is 9.47 Å². The Labute approximate surface area is 235 Å². The predicted molar refractivity (Wildman–Crippen MR) is 151 cm³/mol. The number of amides is 3. The number of thioether (sulfide) groups is 1. The van der Waals surface area contributed by atoms with Gasteiger partial charge in [0.1, 0.15) is 0 Å². The second kappa shape index (κ2) is 12.1. The molecule has 1 heterocycles. The smallest absolute Gasteiger partial charge is 0.293 e. The molecule has 0 spiro atoms. The Balaban J connectivity index is 1.40. The lowest BCUT2D eigenvalue weighted by Crippen LogP contribution is -2.27. The van der Waals surface area contributed by atoms with Crippen molar-refractivity contribution in [3.63, 3.8) is 0 Å². The van der Waals surface area contributed by atoms with Gasteiger partial charge < -0.3 is 14.8 Å². The highest BCUT2D eigenvalue weighted by Gasteiger charge is 2.35. The zero-order valence-corrected chi connectivity index (χ0v) is 22.9. The first-order chi connectivity index (χ1) is 18.2. The van der Waals surface area contributed by atoms with Crippen molar-refractivity contribution in [1.29, 1.82) is 0 Å². The van der Waals surface area contributed by atoms with E-state index >= 15 is 0 Å². The van der Waals surface area contributed by atoms with Gasteiger partial charge in [0.05, 0.1) is 23.5 Å². The zero-order valence-electron chi connectivity index (χ0n) is 19.9. The van der Waals surface area contributed by atoms with Gasteiger partial charge in [-0.2, -0.15) is 0 Å². The van der Waals surface area contributed by atoms with Gasteiger partial charge in [-0.15, -0.1) is 0 Å². The molecule has 0 atom stereocenters. The quantitative estimate of drug-likeness (QED) is 0.141. The molecule has 3 aromatic rings. The number of non-ortho nitro benzene ring substituents is 1. The molecule has 0 saturated carbocycles. The largest absolute Gasteiger partial charge is 0.493 e. The van der Waals surface area contributed by atoms with Gasteiger partial charge in [-0.05, 0) is 81.9 Å². The third kappa shape index (κ3) is 6.69. The van der Waals surface area contributed by atoms with Crippen LogP contribution in [0.15, 0.2) is 71.6 Å². The number of methoxy groups -OCH3 is 1. The molecule has 0 aliphatic carbocycles. The van der Waals surface area contributed by atoms with Crippen LogP contribution in [0.5, 0.6) is 11.5 Å². The molecule has 10 nitrogen and oxygen atoms in total. The van der Waals surface area contributed by atoms with Gasteiger partial charge in [0, 0.05) is 21.4 Å². The molecule has 1 saturated heterocycles. The van der Waals surface area contributed by atoms with Gasteiger partial charge in [-0.3, -0.25) is 29.4 Å². The molecular formula is C26H20IN3O7S. The molecule has 1 aliphatic heterocycles. The number of rotatable bonds is 9. The number of anilines is 1. The summed E-state index contributed by atoms with van der Waals surface area (Å²) in [6.07, 6.45) is 1.60. The van der Waals surface area contributed by atoms with Crippen LogP contribution < -0.4 is 14.8 Å². The van der Waals surface area contributed by atoms with E-state index in [1.807, 2.05) is 24.3 Å². The third-order valence-corrected chi connectivity index (χ3v) is 6.94. The van der Waals surface area contributed by atoms with Crippen LogP contribution in [0.25, 0.3) is 6.08 Å². The monoisotopic (exact) mass is 645 g/mol. The van der Waals surface area contributed by atoms with Crippen molar-refractivity contribution >= 4 is 68.9 Å². The van der Waals surface area contributed by atoms with E-state index in [1.165, 1.54) is 36.3 Å². The number of carbonyl (C=O) groups excluding carboxylic acids is 3. The lowest BCUT2D eigenvalue weighted by molar-refractivity contribution is -0.384. The molecule has 0 aromatic heterocycles. The number of carbonyl (C=O) groups is 3. The van der Waals surface area contributed by atoms with Crippen molar-refractivity contribution in [2.24, 2.45) is 0 Å². The molecule has 0 bridgehead atoms. The minimum absolute atomic E-state index is 0.145. The van der Waals surface area contributed by atoms with Crippen LogP contribution >= 0.6 is 34.4 Å². The van der Waals surface area contributed by atoms with Gasteiger partial charge in [0.2, 0.25) is 0 Å². The van der Waals surface area contributed by atoms with E-state index in [0.717, 1.165) is 20.9 Å². The Morgan fingerprint density at radius 1 is 1.11 bits per heavy atom. The molecule has 1 N–H and O–H groups in total. The molecule has 3 aromatic carbocycles. The van der Waals surface area contributed by atoms with Crippen LogP contribution in [0.4, 0.5) is 16.2 Å². The van der Waals surface area contributed by atoms with Gasteiger partial charge >= 0.3 is 0 Å². The molecule has 0 radical (unpaired) electrons. The normalized spacial score (nSPS) is 14.1. The maximum atomic E-state index is 12.9. The molecule has 194 valence electrons. The van der Waals surface area contributed by atoms with Crippen molar-refractivity contribution in [3.05, 3.63) is 96.4 Å². The Hall–Kier alpha value is -3.91. The number of hydrogen-bond donors (Lipinski definition) is 1. The van der Waals surface area contributed by atoms with Crippen molar-refractivity contribution in [2.45, 2.75) is 6.54 Å². The van der Waals surface area contributed by atoms with E-state index in [9.17, 15) is 24.5 Å². The molecule has 12 heteroatoms. The highest BCUT2D eigenvalue weighted by Crippen LogP contribution is 2.35. The first kappa shape index (κ1) is 27.1. The van der Waals surface area contributed by atoms with Crippen LogP contribution in [-0.4, -0.2) is 40.6 Å². The predicted octanol–water partition coefficient (Wildman–Crippen LogP) is 5.46. The minimum Gasteiger partial charge on any atom is -0.493 e. The Kier molecular flexibility index (Phi) is 8.63. The summed E-state index contributed by atoms with van der Waals surface area (Å²) in [5.74, 6) is -0.292. The van der Waals surface area contributed by atoms with E-state index in [0.29, 0.717) is 11.3 Å². The Bertz CT molecular complexity index is 1440. The highest BCUT2D eigenvalue weighted by atomic mass is 127. The average Bonchev–Trinajstić information content (AvgIpc) is 3.16. The van der Waals surface area contributed by atoms with Crippen LogP contribution in [-0.2, 0) is 16.1 Å². The zero-order chi connectivity index (χ0) is 27.2. The summed E-state index contributed by atoms with van der Waals surface area (Å²) in [4.78, 5) is 49.5. The van der Waals surface area contributed by atoms with E-state index in [2.05, 4.69) is 27.9 Å². The summed E-state index contributed by atoms with van der Waals surface area (Å²) >= 11 is 3.05. The summed E-state index contributed by atoms with van der Waals surface area (Å²) < 4.78 is 12.0. The first-order valence-corrected chi connectivity index (χ1v) is 13.0. The van der Waals surface area contributed by atoms with Crippen LogP contribution in [0, 0.1) is 13.7 Å². The Morgan fingerprint density at radius 3 is 2.58 bits per heavy atom. The molecular weight excluding hydrogens is 625 g/mol. The lowest BCUT2D eigenvalue weighted by Gasteiger charge is -2.12. The van der Waals surface area contributed by atoms with E-state index < -0.39 is 10.8 Å². The second-order valence-corrected chi connectivity index (χ2v) is 10.2. The van der Waals surface area contributed by atoms with Gasteiger partial charge in [-0.25, -0.2) is 0 Å². The number of nitro benzene ring substituents is 1. The number of nitrogens with one attached hydrogen (secondary N) is 1. The fourth-order valence-electron chi connectivity index (χ4n) is 3.49. The molecule has 4 rings (SSSR count). The minimum atomic E-state index is -0.553. The SMILES string of the molecule is COc1cc(/C=C2\SC(=O)N(Cc3ccc(I)cc3)C2=O)ccc1OCC(=O)Nc1cccc([N+](=O)[O-])c1. The van der Waals surface area contributed by atoms with Crippen LogP contribution in [0.3, 0.4) is 0 Å². The number of benzene rings is 3. The fraction of sp³-hybridized carbons (Fsp3) is 0.115. The van der Waals surface area contributed by atoms with Crippen LogP contribution in [0.2, 0.25) is 0 Å². The maximum Gasteiger partial charge on any atom is 0.293 e. The fourth-order valence-corrected chi connectivity index (χ4v) is 4.69. The van der Waals surface area contributed by atoms with E-state index in [1.54, 1.807) is 24.3 Å². The molecule has 38 heavy (non-hydrogen) atoms. The number of halogens is 1. The summed E-state index contributed by atoms with van der Waals surface area (Å²) in [5, 5.41) is 13.1. The second-order valence-electron chi connectivity index (χ2n) is 7.95. The summed E-state index contributed by atoms with van der Waals surface area (Å²) in [5.41, 5.74) is 1.58. The molecule has 0 unspecified atom stereocenters. The molecule has 3 amide bonds. The lowest BCUT2D eigenvalue weighted by atomic mass is 10.1. The molecule has 1 fully saturated rings. The van der Waals surface area contributed by atoms with E-state index in [-0.39, 0.29) is 46.3 Å². The summed E-state index contributed by atoms with van der Waals surface area (Å²) in [6, 6.07) is 18.0. The Morgan fingerprint density at radius 2 is 1.87 bits per heavy atom. The van der Waals surface area contributed by atoms with Gasteiger partial charge in [0.25, 0.3) is 22.7 Å². The maximum absolute atomic E-state index is 12.9. The van der Waals surface area contributed by atoms with Crippen molar-refractivity contribution in [1.82, 2.24) is 4.90 Å². The number of imide groups is 1. The average molecular weight is 645 g/mol. The summed E-state index contributed by atoms with van der Waals surface area (Å²) in [6.45, 7) is -0.177. The summed E-state index contributed by atoms with van der Waals surface area (Å²) in [7, 11) is 1.43. The molecule has 1 aliphatic rings. The van der Waals surface area contributed by atoms with Gasteiger partial charge in [0.15, 0.2) is 18.1 Å². The van der Waals surface area contributed by atoms with Crippen LogP contribution in [0.1, 0.15) is 11.1 Å². The third-order valence-electron chi connectivity index (χ3n) is 5.31. The van der Waals surface area contributed by atoms with Crippen molar-refractivity contribution in [3.8, 4) is 11.5 Å². The first-order valence-electron chi connectivity index (χ1n) is 11.1. The topological polar surface area (TPSA) is 128 Å². The highest BCUT2D eigenvalue weighted by molar-refractivity contribution is 14.1. The number of nitro groups is 1. The number of ether oxygens (including phenoxy) is 2. The van der Waals surface area contributed by atoms with Gasteiger partial charge in [-0.1, -0.05) is 24.3 Å². The standard InChI is InChI=1S/C26H20IN3O7S/c1-36-22-11-17(12-23-25(32)29(26(33)38-23)14-16-5-8-18(27)9-6-16)7-10-21(22)37-15-24(31)28-19-3-2-4-20(13-19)30(34)35/h2-13H,14-15H2,1H3,(H,28,31)/b23-12-. The number of hydrogen-bond acceptors (Lipinski definition) is 8. The van der Waals surface area contributed by atoms with Crippen molar-refractivity contribution < 1.29 is 28.8 Å². The van der Waals surface area contributed by atoms with Crippen molar-refractivity contribution in [2.75, 3.05) is 19.0 Å².